The molecule has 0 aliphatic heterocycles. The lowest BCUT2D eigenvalue weighted by molar-refractivity contribution is -0.159. The normalized spacial score (nSPS) is 14.1. The zero-order chi connectivity index (χ0) is 22.4. The highest BCUT2D eigenvalue weighted by Gasteiger charge is 2.29. The third-order valence-corrected chi connectivity index (χ3v) is 4.94. The standard InChI is InChI=1S/C22H24N2O7/c1-13(21(27)28)31-24-20(26)10-14(25)11-23-22(29)30-12-19-17-8-4-2-6-15(17)16-7-3-5-9-18(16)19/h2-9,13-14,19,25H,10-12H2,1H3,(H,23,29)(H,24,26)(H,27,28). The Morgan fingerprint density at radius 1 is 1.03 bits per heavy atom. The van der Waals surface area contributed by atoms with Crippen LogP contribution in [0, 0.1) is 0 Å². The minimum atomic E-state index is -1.24. The number of hydroxylamine groups is 1. The highest BCUT2D eigenvalue weighted by atomic mass is 16.7. The fraction of sp³-hybridized carbons (Fsp3) is 0.318. The van der Waals surface area contributed by atoms with E-state index < -0.39 is 30.2 Å². The maximum Gasteiger partial charge on any atom is 0.407 e. The van der Waals surface area contributed by atoms with Crippen LogP contribution >= 0.6 is 0 Å². The molecule has 2 amide bonds. The lowest BCUT2D eigenvalue weighted by Crippen LogP contribution is -2.38. The van der Waals surface area contributed by atoms with Crippen molar-refractivity contribution in [3.05, 3.63) is 59.7 Å². The average molecular weight is 428 g/mol. The van der Waals surface area contributed by atoms with E-state index in [1.165, 1.54) is 6.92 Å². The second kappa shape index (κ2) is 10.1. The molecule has 0 saturated heterocycles. The summed E-state index contributed by atoms with van der Waals surface area (Å²) in [5.74, 6) is -2.03. The first-order chi connectivity index (χ1) is 14.9. The van der Waals surface area contributed by atoms with Crippen LogP contribution in [-0.2, 0) is 19.2 Å². The van der Waals surface area contributed by atoms with Gasteiger partial charge in [0.1, 0.15) is 6.61 Å². The summed E-state index contributed by atoms with van der Waals surface area (Å²) in [5, 5.41) is 21.0. The number of benzene rings is 2. The molecule has 3 rings (SSSR count). The molecule has 0 bridgehead atoms. The van der Waals surface area contributed by atoms with Gasteiger partial charge < -0.3 is 20.3 Å². The Morgan fingerprint density at radius 3 is 2.19 bits per heavy atom. The number of hydrogen-bond donors (Lipinski definition) is 4. The molecule has 31 heavy (non-hydrogen) atoms. The highest BCUT2D eigenvalue weighted by molar-refractivity contribution is 5.79. The molecule has 9 heteroatoms. The predicted molar refractivity (Wildman–Crippen MR) is 110 cm³/mol. The van der Waals surface area contributed by atoms with Crippen molar-refractivity contribution in [2.45, 2.75) is 31.5 Å². The molecule has 0 radical (unpaired) electrons. The summed E-state index contributed by atoms with van der Waals surface area (Å²) in [4.78, 5) is 38.9. The number of carboxylic acid groups (broad SMARTS) is 1. The molecule has 2 unspecified atom stereocenters. The maximum atomic E-state index is 12.1. The number of amides is 2. The number of alkyl carbamates (subject to hydrolysis) is 1. The molecule has 0 fully saturated rings. The minimum Gasteiger partial charge on any atom is -0.479 e. The molecule has 9 nitrogen and oxygen atoms in total. The van der Waals surface area contributed by atoms with Gasteiger partial charge in [-0.2, -0.15) is 0 Å². The van der Waals surface area contributed by atoms with Gasteiger partial charge >= 0.3 is 12.1 Å². The van der Waals surface area contributed by atoms with Crippen LogP contribution in [0.4, 0.5) is 4.79 Å². The van der Waals surface area contributed by atoms with E-state index in [1.807, 2.05) is 54.0 Å². The maximum absolute atomic E-state index is 12.1. The summed E-state index contributed by atoms with van der Waals surface area (Å²) in [6.45, 7) is 1.17. The van der Waals surface area contributed by atoms with Gasteiger partial charge in [0.2, 0.25) is 5.91 Å². The Kier molecular flexibility index (Phi) is 7.22. The van der Waals surface area contributed by atoms with Crippen LogP contribution in [0.25, 0.3) is 11.1 Å². The zero-order valence-corrected chi connectivity index (χ0v) is 16.9. The Labute approximate surface area is 178 Å². The topological polar surface area (TPSA) is 134 Å². The molecule has 2 atom stereocenters. The van der Waals surface area contributed by atoms with E-state index in [1.54, 1.807) is 0 Å². The number of aliphatic carboxylic acids is 1. The third kappa shape index (κ3) is 5.59. The van der Waals surface area contributed by atoms with E-state index in [9.17, 15) is 19.5 Å². The van der Waals surface area contributed by atoms with Crippen molar-refractivity contribution < 1.29 is 34.2 Å². The first-order valence-electron chi connectivity index (χ1n) is 9.81. The molecule has 0 heterocycles. The van der Waals surface area contributed by atoms with Crippen LogP contribution < -0.4 is 10.8 Å². The number of fused-ring (bicyclic) bond motifs is 3. The first-order valence-corrected chi connectivity index (χ1v) is 9.81. The number of carbonyl (C=O) groups is 3. The highest BCUT2D eigenvalue weighted by Crippen LogP contribution is 2.44. The number of nitrogens with one attached hydrogen (secondary N) is 2. The van der Waals surface area contributed by atoms with Crippen LogP contribution in [0.3, 0.4) is 0 Å². The Balaban J connectivity index is 1.45. The summed E-state index contributed by atoms with van der Waals surface area (Å²) in [7, 11) is 0. The van der Waals surface area contributed by atoms with Gasteiger partial charge in [0.25, 0.3) is 0 Å². The van der Waals surface area contributed by atoms with E-state index in [0.29, 0.717) is 0 Å². The average Bonchev–Trinajstić information content (AvgIpc) is 3.08. The summed E-state index contributed by atoms with van der Waals surface area (Å²) in [6, 6.07) is 15.9. The van der Waals surface area contributed by atoms with Gasteiger partial charge in [-0.25, -0.2) is 15.1 Å². The molecule has 0 spiro atoms. The van der Waals surface area contributed by atoms with E-state index in [4.69, 9.17) is 9.84 Å². The zero-order valence-electron chi connectivity index (χ0n) is 16.9. The third-order valence-electron chi connectivity index (χ3n) is 4.94. The number of ether oxygens (including phenoxy) is 1. The number of aliphatic hydroxyl groups is 1. The van der Waals surface area contributed by atoms with Gasteiger partial charge in [0.05, 0.1) is 12.5 Å². The summed E-state index contributed by atoms with van der Waals surface area (Å²) in [6.07, 6.45) is -3.50. The van der Waals surface area contributed by atoms with Crippen molar-refractivity contribution in [3.8, 4) is 11.1 Å². The van der Waals surface area contributed by atoms with Crippen LogP contribution in [0.2, 0.25) is 0 Å². The first kappa shape index (κ1) is 22.3. The number of rotatable bonds is 9. The second-order valence-electron chi connectivity index (χ2n) is 7.19. The van der Waals surface area contributed by atoms with E-state index in [2.05, 4.69) is 10.2 Å². The number of hydrogen-bond acceptors (Lipinski definition) is 6. The molecule has 4 N–H and O–H groups in total. The minimum absolute atomic E-state index is 0.0813. The number of aliphatic hydroxyl groups excluding tert-OH is 1. The van der Waals surface area contributed by atoms with Gasteiger partial charge in [-0.15, -0.1) is 0 Å². The molecule has 164 valence electrons. The van der Waals surface area contributed by atoms with Gasteiger partial charge in [0.15, 0.2) is 6.10 Å². The Bertz CT molecular complexity index is 917. The molecule has 2 aromatic rings. The summed E-state index contributed by atoms with van der Waals surface area (Å²) >= 11 is 0. The fourth-order valence-corrected chi connectivity index (χ4v) is 3.38. The van der Waals surface area contributed by atoms with Gasteiger partial charge in [-0.3, -0.25) is 9.63 Å². The largest absolute Gasteiger partial charge is 0.479 e. The molecule has 1 aliphatic rings. The van der Waals surface area contributed by atoms with E-state index in [0.717, 1.165) is 22.3 Å². The van der Waals surface area contributed by atoms with Crippen molar-refractivity contribution in [3.63, 3.8) is 0 Å². The van der Waals surface area contributed by atoms with Gasteiger partial charge in [-0.05, 0) is 29.2 Å². The number of carboxylic acids is 1. The van der Waals surface area contributed by atoms with Crippen LogP contribution in [0.5, 0.6) is 0 Å². The molecule has 0 saturated carbocycles. The second-order valence-corrected chi connectivity index (χ2v) is 7.19. The van der Waals surface area contributed by atoms with Crippen molar-refractivity contribution in [1.29, 1.82) is 0 Å². The molecule has 2 aromatic carbocycles. The quantitative estimate of drug-likeness (QED) is 0.447. The number of carbonyl (C=O) groups excluding carboxylic acids is 2. The lowest BCUT2D eigenvalue weighted by atomic mass is 9.98. The van der Waals surface area contributed by atoms with Gasteiger partial charge in [-0.1, -0.05) is 48.5 Å². The van der Waals surface area contributed by atoms with Crippen molar-refractivity contribution in [1.82, 2.24) is 10.8 Å². The lowest BCUT2D eigenvalue weighted by Gasteiger charge is -2.16. The van der Waals surface area contributed by atoms with Gasteiger partial charge in [0, 0.05) is 12.5 Å². The monoisotopic (exact) mass is 428 g/mol. The van der Waals surface area contributed by atoms with Crippen molar-refractivity contribution >= 4 is 18.0 Å². The van der Waals surface area contributed by atoms with Crippen LogP contribution in [0.15, 0.2) is 48.5 Å². The Hall–Kier alpha value is -3.43. The molecular weight excluding hydrogens is 404 g/mol. The molecular formula is C22H24N2O7. The van der Waals surface area contributed by atoms with E-state index in [-0.39, 0.29) is 25.5 Å². The van der Waals surface area contributed by atoms with E-state index >= 15 is 0 Å². The van der Waals surface area contributed by atoms with Crippen LogP contribution in [-0.4, -0.2) is 53.5 Å². The SMILES string of the molecule is CC(ONC(=O)CC(O)CNC(=O)OCC1c2ccccc2-c2ccccc21)C(=O)O. The predicted octanol–water partition coefficient (Wildman–Crippen LogP) is 1.80. The summed E-state index contributed by atoms with van der Waals surface area (Å²) < 4.78 is 5.35. The smallest absolute Gasteiger partial charge is 0.407 e. The molecule has 0 aromatic heterocycles. The van der Waals surface area contributed by atoms with Crippen molar-refractivity contribution in [2.75, 3.05) is 13.2 Å². The Morgan fingerprint density at radius 2 is 1.61 bits per heavy atom. The molecule has 1 aliphatic carbocycles. The van der Waals surface area contributed by atoms with Crippen molar-refractivity contribution in [2.24, 2.45) is 0 Å². The van der Waals surface area contributed by atoms with Crippen LogP contribution in [0.1, 0.15) is 30.4 Å². The fourth-order valence-electron chi connectivity index (χ4n) is 3.38. The summed E-state index contributed by atoms with van der Waals surface area (Å²) in [5.41, 5.74) is 6.35.